The van der Waals surface area contributed by atoms with Gasteiger partial charge < -0.3 is 10.4 Å². The highest BCUT2D eigenvalue weighted by Crippen LogP contribution is 2.48. The fourth-order valence-electron chi connectivity index (χ4n) is 1.31. The molecule has 3 nitrogen and oxygen atoms in total. The number of halogens is 3. The molecule has 1 aromatic rings. The molecule has 0 bridgehead atoms. The van der Waals surface area contributed by atoms with Gasteiger partial charge in [0.25, 0.3) is 5.91 Å². The molecule has 0 unspecified atom stereocenters. The quantitative estimate of drug-likeness (QED) is 0.754. The summed E-state index contributed by atoms with van der Waals surface area (Å²) >= 11 is 3.00. The molecule has 0 spiro atoms. The first-order chi connectivity index (χ1) is 6.44. The SMILES string of the molecule is O=C1Nc2c(Br)ccc(O)c2C1(F)F. The van der Waals surface area contributed by atoms with Gasteiger partial charge in [-0.05, 0) is 28.1 Å². The molecule has 1 amide bonds. The van der Waals surface area contributed by atoms with E-state index in [0.29, 0.717) is 4.47 Å². The summed E-state index contributed by atoms with van der Waals surface area (Å²) in [5, 5.41) is 11.2. The molecule has 0 aromatic heterocycles. The number of fused-ring (bicyclic) bond motifs is 1. The fraction of sp³-hybridized carbons (Fsp3) is 0.125. The molecule has 0 fully saturated rings. The van der Waals surface area contributed by atoms with Gasteiger partial charge in [0.05, 0.1) is 11.3 Å². The van der Waals surface area contributed by atoms with E-state index < -0.39 is 23.1 Å². The van der Waals surface area contributed by atoms with Crippen LogP contribution in [0.15, 0.2) is 16.6 Å². The number of phenols is 1. The lowest BCUT2D eigenvalue weighted by Gasteiger charge is -2.08. The predicted octanol–water partition coefficient (Wildman–Crippen LogP) is 2.20. The van der Waals surface area contributed by atoms with Crippen molar-refractivity contribution in [2.75, 3.05) is 5.32 Å². The molecule has 1 aliphatic rings. The smallest absolute Gasteiger partial charge is 0.355 e. The zero-order chi connectivity index (χ0) is 10.5. The van der Waals surface area contributed by atoms with E-state index in [1.807, 2.05) is 5.32 Å². The second-order valence-corrected chi connectivity index (χ2v) is 3.70. The van der Waals surface area contributed by atoms with E-state index in [1.54, 1.807) is 0 Å². The van der Waals surface area contributed by atoms with Crippen LogP contribution in [0.4, 0.5) is 14.5 Å². The molecule has 1 aromatic carbocycles. The number of hydrogen-bond acceptors (Lipinski definition) is 2. The zero-order valence-corrected chi connectivity index (χ0v) is 8.23. The second kappa shape index (κ2) is 2.66. The number of alkyl halides is 2. The fourth-order valence-corrected chi connectivity index (χ4v) is 1.74. The van der Waals surface area contributed by atoms with E-state index in [4.69, 9.17) is 0 Å². The van der Waals surface area contributed by atoms with Crippen molar-refractivity contribution in [1.82, 2.24) is 0 Å². The largest absolute Gasteiger partial charge is 0.507 e. The summed E-state index contributed by atoms with van der Waals surface area (Å²) < 4.78 is 26.7. The van der Waals surface area contributed by atoms with Gasteiger partial charge in [-0.25, -0.2) is 0 Å². The van der Waals surface area contributed by atoms with Gasteiger partial charge in [-0.1, -0.05) is 0 Å². The standard InChI is InChI=1S/C8H4BrF2NO2/c9-3-1-2-4(13)5-6(3)12-7(14)8(5,10)11/h1-2,13H,(H,12,14). The van der Waals surface area contributed by atoms with Crippen molar-refractivity contribution in [2.24, 2.45) is 0 Å². The Morgan fingerprint density at radius 3 is 2.64 bits per heavy atom. The number of carbonyl (C=O) groups is 1. The maximum absolute atomic E-state index is 13.2. The second-order valence-electron chi connectivity index (χ2n) is 2.85. The van der Waals surface area contributed by atoms with Crippen LogP contribution in [0.2, 0.25) is 0 Å². The van der Waals surface area contributed by atoms with Crippen molar-refractivity contribution in [1.29, 1.82) is 0 Å². The van der Waals surface area contributed by atoms with Crippen molar-refractivity contribution >= 4 is 27.5 Å². The van der Waals surface area contributed by atoms with Gasteiger partial charge in [-0.2, -0.15) is 8.78 Å². The minimum absolute atomic E-state index is 0.0694. The number of phenolic OH excluding ortho intramolecular Hbond substituents is 1. The highest BCUT2D eigenvalue weighted by Gasteiger charge is 2.51. The van der Waals surface area contributed by atoms with Gasteiger partial charge in [0, 0.05) is 4.47 Å². The van der Waals surface area contributed by atoms with Crippen molar-refractivity contribution in [3.63, 3.8) is 0 Å². The lowest BCUT2D eigenvalue weighted by atomic mass is 10.1. The Balaban J connectivity index is 2.76. The number of benzene rings is 1. The Morgan fingerprint density at radius 2 is 2.07 bits per heavy atom. The molecule has 14 heavy (non-hydrogen) atoms. The lowest BCUT2D eigenvalue weighted by Crippen LogP contribution is -2.23. The van der Waals surface area contributed by atoms with Crippen LogP contribution in [0.3, 0.4) is 0 Å². The van der Waals surface area contributed by atoms with E-state index in [-0.39, 0.29) is 5.69 Å². The van der Waals surface area contributed by atoms with Crippen LogP contribution in [-0.4, -0.2) is 11.0 Å². The van der Waals surface area contributed by atoms with Gasteiger partial charge in [-0.15, -0.1) is 0 Å². The van der Waals surface area contributed by atoms with Crippen LogP contribution in [0, 0.1) is 0 Å². The number of anilines is 1. The summed E-state index contributed by atoms with van der Waals surface area (Å²) in [5.74, 6) is -5.68. The van der Waals surface area contributed by atoms with Crippen LogP contribution in [-0.2, 0) is 10.7 Å². The first kappa shape index (κ1) is 9.39. The van der Waals surface area contributed by atoms with Crippen LogP contribution >= 0.6 is 15.9 Å². The van der Waals surface area contributed by atoms with E-state index in [1.165, 1.54) is 6.07 Å². The van der Waals surface area contributed by atoms with Crippen LogP contribution in [0.5, 0.6) is 5.75 Å². The monoisotopic (exact) mass is 263 g/mol. The Bertz CT molecular complexity index is 434. The molecular formula is C8H4BrF2NO2. The number of aromatic hydroxyl groups is 1. The summed E-state index contributed by atoms with van der Waals surface area (Å²) in [7, 11) is 0. The molecule has 74 valence electrons. The number of hydrogen-bond donors (Lipinski definition) is 2. The van der Waals surface area contributed by atoms with E-state index in [9.17, 15) is 18.7 Å². The minimum Gasteiger partial charge on any atom is -0.507 e. The van der Waals surface area contributed by atoms with Crippen molar-refractivity contribution < 1.29 is 18.7 Å². The Hall–Kier alpha value is -1.17. The van der Waals surface area contributed by atoms with E-state index in [2.05, 4.69) is 15.9 Å². The maximum Gasteiger partial charge on any atom is 0.355 e. The van der Waals surface area contributed by atoms with Gasteiger partial charge in [-0.3, -0.25) is 4.79 Å². The minimum atomic E-state index is -3.66. The third-order valence-corrected chi connectivity index (χ3v) is 2.63. The third-order valence-electron chi connectivity index (χ3n) is 1.97. The molecule has 0 aliphatic carbocycles. The predicted molar refractivity (Wildman–Crippen MR) is 48.3 cm³/mol. The highest BCUT2D eigenvalue weighted by molar-refractivity contribution is 9.10. The molecule has 0 saturated carbocycles. The number of carbonyl (C=O) groups excluding carboxylic acids is 1. The molecule has 0 atom stereocenters. The number of nitrogens with one attached hydrogen (secondary N) is 1. The molecule has 0 radical (unpaired) electrons. The van der Waals surface area contributed by atoms with Crippen LogP contribution in [0.1, 0.15) is 5.56 Å². The van der Waals surface area contributed by atoms with E-state index in [0.717, 1.165) is 6.07 Å². The number of amides is 1. The van der Waals surface area contributed by atoms with Gasteiger partial charge >= 0.3 is 5.92 Å². The topological polar surface area (TPSA) is 49.3 Å². The maximum atomic E-state index is 13.2. The average Bonchev–Trinajstić information content (AvgIpc) is 2.33. The van der Waals surface area contributed by atoms with Crippen molar-refractivity contribution in [3.8, 4) is 5.75 Å². The Kier molecular flexibility index (Phi) is 1.79. The first-order valence-electron chi connectivity index (χ1n) is 3.66. The van der Waals surface area contributed by atoms with Crippen LogP contribution < -0.4 is 5.32 Å². The summed E-state index contributed by atoms with van der Waals surface area (Å²) in [5.41, 5.74) is -0.739. The first-order valence-corrected chi connectivity index (χ1v) is 4.45. The Morgan fingerprint density at radius 1 is 1.43 bits per heavy atom. The van der Waals surface area contributed by atoms with Crippen LogP contribution in [0.25, 0.3) is 0 Å². The molecule has 2 N–H and O–H groups in total. The normalized spacial score (nSPS) is 17.8. The molecule has 2 rings (SSSR count). The third kappa shape index (κ3) is 1.03. The summed E-state index contributed by atoms with van der Waals surface area (Å²) in [6.45, 7) is 0. The summed E-state index contributed by atoms with van der Waals surface area (Å²) in [6, 6.07) is 2.49. The van der Waals surface area contributed by atoms with Crippen molar-refractivity contribution in [2.45, 2.75) is 5.92 Å². The van der Waals surface area contributed by atoms with Gasteiger partial charge in [0.15, 0.2) is 0 Å². The van der Waals surface area contributed by atoms with Crippen molar-refractivity contribution in [3.05, 3.63) is 22.2 Å². The van der Waals surface area contributed by atoms with Gasteiger partial charge in [0.1, 0.15) is 5.75 Å². The Labute approximate surface area is 85.9 Å². The zero-order valence-electron chi connectivity index (χ0n) is 6.64. The van der Waals surface area contributed by atoms with Gasteiger partial charge in [0.2, 0.25) is 0 Å². The van der Waals surface area contributed by atoms with E-state index >= 15 is 0 Å². The molecule has 1 heterocycles. The molecule has 6 heteroatoms. The summed E-state index contributed by atoms with van der Waals surface area (Å²) in [6.07, 6.45) is 0. The molecule has 1 aliphatic heterocycles. The number of rotatable bonds is 0. The average molecular weight is 264 g/mol. The summed E-state index contributed by atoms with van der Waals surface area (Å²) in [4.78, 5) is 10.9. The molecular weight excluding hydrogens is 260 g/mol. The highest BCUT2D eigenvalue weighted by atomic mass is 79.9. The molecule has 0 saturated heterocycles. The lowest BCUT2D eigenvalue weighted by molar-refractivity contribution is -0.139.